The highest BCUT2D eigenvalue weighted by molar-refractivity contribution is 5.76. The molecule has 0 aliphatic heterocycles. The summed E-state index contributed by atoms with van der Waals surface area (Å²) in [6.45, 7) is 6.22. The number of methoxy groups -OCH3 is 1. The number of nitrogens with one attached hydrogen (secondary N) is 1. The first-order valence-electron chi connectivity index (χ1n) is 6.52. The number of ether oxygens (including phenoxy) is 1. The maximum absolute atomic E-state index is 11.6. The maximum Gasteiger partial charge on any atom is 0.222 e. The number of hydrogen-bond donors (Lipinski definition) is 2. The van der Waals surface area contributed by atoms with Crippen molar-refractivity contribution in [2.75, 3.05) is 7.11 Å². The van der Waals surface area contributed by atoms with Crippen molar-refractivity contribution in [2.24, 2.45) is 5.92 Å². The molecule has 0 aliphatic carbocycles. The molecule has 19 heavy (non-hydrogen) atoms. The van der Waals surface area contributed by atoms with Crippen molar-refractivity contribution in [3.63, 3.8) is 0 Å². The average Bonchev–Trinajstić information content (AvgIpc) is 2.36. The van der Waals surface area contributed by atoms with E-state index in [9.17, 15) is 9.90 Å². The van der Waals surface area contributed by atoms with E-state index in [0.29, 0.717) is 6.54 Å². The molecule has 106 valence electrons. The van der Waals surface area contributed by atoms with Gasteiger partial charge in [0.1, 0.15) is 5.75 Å². The van der Waals surface area contributed by atoms with Crippen LogP contribution in [0.1, 0.15) is 31.4 Å². The number of carbonyl (C=O) groups is 1. The predicted molar refractivity (Wildman–Crippen MR) is 75.0 cm³/mol. The first-order valence-corrected chi connectivity index (χ1v) is 6.52. The minimum absolute atomic E-state index is 0.0916. The van der Waals surface area contributed by atoms with Crippen molar-refractivity contribution < 1.29 is 14.6 Å². The van der Waals surface area contributed by atoms with Gasteiger partial charge in [-0.25, -0.2) is 0 Å². The first kappa shape index (κ1) is 15.5. The zero-order valence-electron chi connectivity index (χ0n) is 12.1. The summed E-state index contributed by atoms with van der Waals surface area (Å²) in [5, 5.41) is 12.4. The van der Waals surface area contributed by atoms with Crippen LogP contribution in [0, 0.1) is 12.8 Å². The summed E-state index contributed by atoms with van der Waals surface area (Å²) < 4.78 is 5.18. The highest BCUT2D eigenvalue weighted by Gasteiger charge is 2.13. The summed E-state index contributed by atoms with van der Waals surface area (Å²) in [6.07, 6.45) is -0.440. The molecule has 4 nitrogen and oxygen atoms in total. The zero-order chi connectivity index (χ0) is 14.4. The Morgan fingerprint density at radius 3 is 2.63 bits per heavy atom. The maximum atomic E-state index is 11.6. The molecule has 1 unspecified atom stereocenters. The number of carbonyl (C=O) groups excluding carboxylic acids is 1. The highest BCUT2D eigenvalue weighted by Crippen LogP contribution is 2.18. The van der Waals surface area contributed by atoms with Crippen molar-refractivity contribution in [1.29, 1.82) is 0 Å². The van der Waals surface area contributed by atoms with Gasteiger partial charge in [-0.2, -0.15) is 0 Å². The number of aliphatic hydroxyl groups is 1. The second-order valence-electron chi connectivity index (χ2n) is 5.10. The lowest BCUT2D eigenvalue weighted by Gasteiger charge is -2.14. The number of benzene rings is 1. The van der Waals surface area contributed by atoms with E-state index in [1.165, 1.54) is 0 Å². The molecule has 1 rings (SSSR count). The summed E-state index contributed by atoms with van der Waals surface area (Å²) in [5.74, 6) is 0.800. The fraction of sp³-hybridized carbons (Fsp3) is 0.533. The lowest BCUT2D eigenvalue weighted by atomic mass is 10.0. The molecule has 0 aromatic heterocycles. The van der Waals surface area contributed by atoms with E-state index >= 15 is 0 Å². The minimum Gasteiger partial charge on any atom is -0.496 e. The molecule has 2 N–H and O–H groups in total. The smallest absolute Gasteiger partial charge is 0.222 e. The van der Waals surface area contributed by atoms with Crippen molar-refractivity contribution in [3.05, 3.63) is 29.3 Å². The Kier molecular flexibility index (Phi) is 5.83. The molecular weight excluding hydrogens is 242 g/mol. The number of aryl methyl sites for hydroxylation is 1. The fourth-order valence-electron chi connectivity index (χ4n) is 1.75. The van der Waals surface area contributed by atoms with Crippen molar-refractivity contribution in [3.8, 4) is 5.75 Å². The lowest BCUT2D eigenvalue weighted by molar-refractivity contribution is -0.123. The van der Waals surface area contributed by atoms with Crippen molar-refractivity contribution in [1.82, 2.24) is 5.32 Å². The second kappa shape index (κ2) is 7.14. The van der Waals surface area contributed by atoms with Gasteiger partial charge in [-0.05, 0) is 30.0 Å². The van der Waals surface area contributed by atoms with E-state index in [-0.39, 0.29) is 18.2 Å². The molecule has 0 radical (unpaired) electrons. The third-order valence-corrected chi connectivity index (χ3v) is 3.11. The first-order chi connectivity index (χ1) is 8.93. The van der Waals surface area contributed by atoms with Gasteiger partial charge in [-0.3, -0.25) is 4.79 Å². The lowest BCUT2D eigenvalue weighted by Crippen LogP contribution is -2.29. The van der Waals surface area contributed by atoms with Crippen LogP contribution in [-0.2, 0) is 11.3 Å². The van der Waals surface area contributed by atoms with E-state index in [2.05, 4.69) is 5.32 Å². The van der Waals surface area contributed by atoms with Gasteiger partial charge in [0.15, 0.2) is 0 Å². The van der Waals surface area contributed by atoms with Gasteiger partial charge in [-0.1, -0.05) is 26.0 Å². The molecule has 1 aromatic carbocycles. The SMILES string of the molecule is COc1ccc(CNC(=O)CC(O)C(C)C)cc1C. The largest absolute Gasteiger partial charge is 0.496 e. The van der Waals surface area contributed by atoms with Crippen LogP contribution in [0.25, 0.3) is 0 Å². The Balaban J connectivity index is 2.48. The topological polar surface area (TPSA) is 58.6 Å². The van der Waals surface area contributed by atoms with E-state index in [0.717, 1.165) is 16.9 Å². The Morgan fingerprint density at radius 2 is 2.11 bits per heavy atom. The molecule has 0 fully saturated rings. The van der Waals surface area contributed by atoms with E-state index in [1.54, 1.807) is 7.11 Å². The van der Waals surface area contributed by atoms with Gasteiger partial charge in [0, 0.05) is 6.54 Å². The van der Waals surface area contributed by atoms with Crippen LogP contribution < -0.4 is 10.1 Å². The summed E-state index contributed by atoms with van der Waals surface area (Å²) >= 11 is 0. The monoisotopic (exact) mass is 265 g/mol. The fourth-order valence-corrected chi connectivity index (χ4v) is 1.75. The molecule has 0 spiro atoms. The van der Waals surface area contributed by atoms with Gasteiger partial charge in [0.2, 0.25) is 5.91 Å². The number of amides is 1. The summed E-state index contributed by atoms with van der Waals surface area (Å²) in [7, 11) is 1.64. The van der Waals surface area contributed by atoms with Crippen LogP contribution in [0.2, 0.25) is 0 Å². The van der Waals surface area contributed by atoms with Gasteiger partial charge in [-0.15, -0.1) is 0 Å². The molecule has 1 aromatic rings. The average molecular weight is 265 g/mol. The van der Waals surface area contributed by atoms with Gasteiger partial charge >= 0.3 is 0 Å². The minimum atomic E-state index is -0.586. The van der Waals surface area contributed by atoms with Gasteiger partial charge in [0.05, 0.1) is 19.6 Å². The standard InChI is InChI=1S/C15H23NO3/c1-10(2)13(17)8-15(18)16-9-12-5-6-14(19-4)11(3)7-12/h5-7,10,13,17H,8-9H2,1-4H3,(H,16,18). The third kappa shape index (κ3) is 4.91. The summed E-state index contributed by atoms with van der Waals surface area (Å²) in [4.78, 5) is 11.6. The van der Waals surface area contributed by atoms with E-state index in [4.69, 9.17) is 4.74 Å². The van der Waals surface area contributed by atoms with Crippen LogP contribution in [-0.4, -0.2) is 24.2 Å². The highest BCUT2D eigenvalue weighted by atomic mass is 16.5. The van der Waals surface area contributed by atoms with E-state index < -0.39 is 6.10 Å². The predicted octanol–water partition coefficient (Wildman–Crippen LogP) is 2.03. The molecule has 1 atom stereocenters. The van der Waals surface area contributed by atoms with Crippen LogP contribution >= 0.6 is 0 Å². The van der Waals surface area contributed by atoms with Crippen LogP contribution in [0.15, 0.2) is 18.2 Å². The third-order valence-electron chi connectivity index (χ3n) is 3.11. The quantitative estimate of drug-likeness (QED) is 0.827. The molecule has 0 bridgehead atoms. The molecule has 0 saturated carbocycles. The second-order valence-corrected chi connectivity index (χ2v) is 5.10. The Hall–Kier alpha value is -1.55. The number of rotatable bonds is 6. The van der Waals surface area contributed by atoms with Crippen LogP contribution in [0.5, 0.6) is 5.75 Å². The summed E-state index contributed by atoms with van der Waals surface area (Å²) in [6, 6.07) is 5.79. The molecular formula is C15H23NO3. The molecule has 0 heterocycles. The molecule has 0 saturated heterocycles. The van der Waals surface area contributed by atoms with Crippen molar-refractivity contribution in [2.45, 2.75) is 39.8 Å². The molecule has 0 aliphatic rings. The van der Waals surface area contributed by atoms with Gasteiger partial charge < -0.3 is 15.2 Å². The zero-order valence-corrected chi connectivity index (χ0v) is 12.1. The van der Waals surface area contributed by atoms with Crippen molar-refractivity contribution >= 4 is 5.91 Å². The number of hydrogen-bond acceptors (Lipinski definition) is 3. The Morgan fingerprint density at radius 1 is 1.42 bits per heavy atom. The molecule has 1 amide bonds. The summed E-state index contributed by atoms with van der Waals surface area (Å²) in [5.41, 5.74) is 2.06. The van der Waals surface area contributed by atoms with Gasteiger partial charge in [0.25, 0.3) is 0 Å². The molecule has 4 heteroatoms. The number of aliphatic hydroxyl groups excluding tert-OH is 1. The normalized spacial score (nSPS) is 12.3. The Labute approximate surface area is 114 Å². The van der Waals surface area contributed by atoms with Crippen LogP contribution in [0.4, 0.5) is 0 Å². The van der Waals surface area contributed by atoms with E-state index in [1.807, 2.05) is 39.0 Å². The van der Waals surface area contributed by atoms with Crippen LogP contribution in [0.3, 0.4) is 0 Å². The Bertz CT molecular complexity index is 429.